The Labute approximate surface area is 151 Å². The molecule has 1 atom stereocenters. The molecule has 0 aliphatic heterocycles. The monoisotopic (exact) mass is 347 g/mol. The van der Waals surface area contributed by atoms with Crippen LogP contribution in [0.1, 0.15) is 51.5 Å². The Bertz CT molecular complexity index is 552. The fourth-order valence-corrected chi connectivity index (χ4v) is 3.58. The molecular weight excluding hydrogens is 318 g/mol. The highest BCUT2D eigenvalue weighted by Crippen LogP contribution is 2.18. The van der Waals surface area contributed by atoms with Crippen molar-refractivity contribution in [3.63, 3.8) is 0 Å². The Balaban J connectivity index is 1.93. The minimum absolute atomic E-state index is 0.0338. The fourth-order valence-electron chi connectivity index (χ4n) is 3.12. The molecule has 0 aromatic heterocycles. The number of carbonyl (C=O) groups is 1. The molecule has 5 heteroatoms. The predicted octanol–water partition coefficient (Wildman–Crippen LogP) is 3.85. The molecule has 0 saturated heterocycles. The second-order valence-corrected chi connectivity index (χ2v) is 6.99. The van der Waals surface area contributed by atoms with E-state index in [-0.39, 0.29) is 11.9 Å². The van der Waals surface area contributed by atoms with E-state index in [9.17, 15) is 4.79 Å². The normalized spacial score (nSPS) is 16.3. The molecule has 2 N–H and O–H groups in total. The van der Waals surface area contributed by atoms with E-state index >= 15 is 0 Å². The van der Waals surface area contributed by atoms with Gasteiger partial charge in [-0.1, -0.05) is 37.0 Å². The molecule has 2 rings (SSSR count). The number of amides is 1. The van der Waals surface area contributed by atoms with Gasteiger partial charge in [-0.25, -0.2) is 0 Å². The molecule has 1 aliphatic rings. The molecule has 0 radical (unpaired) electrons. The first-order chi connectivity index (χ1) is 11.5. The number of hydrogen-bond acceptors (Lipinski definition) is 2. The number of nitrogens with zero attached hydrogens (tertiary/aromatic N) is 1. The van der Waals surface area contributed by atoms with Crippen molar-refractivity contribution >= 4 is 28.9 Å². The Morgan fingerprint density at radius 3 is 2.46 bits per heavy atom. The molecule has 0 spiro atoms. The van der Waals surface area contributed by atoms with Crippen LogP contribution in [0.25, 0.3) is 0 Å². The van der Waals surface area contributed by atoms with Crippen molar-refractivity contribution < 1.29 is 4.79 Å². The van der Waals surface area contributed by atoms with Gasteiger partial charge >= 0.3 is 0 Å². The van der Waals surface area contributed by atoms with E-state index in [2.05, 4.69) is 10.6 Å². The highest BCUT2D eigenvalue weighted by Gasteiger charge is 2.24. The lowest BCUT2D eigenvalue weighted by Gasteiger charge is -2.33. The summed E-state index contributed by atoms with van der Waals surface area (Å²) >= 11 is 5.57. The topological polar surface area (TPSA) is 44.4 Å². The van der Waals surface area contributed by atoms with E-state index in [4.69, 9.17) is 12.2 Å². The van der Waals surface area contributed by atoms with Crippen LogP contribution < -0.4 is 10.6 Å². The zero-order valence-electron chi connectivity index (χ0n) is 15.0. The maximum absolute atomic E-state index is 12.6. The van der Waals surface area contributed by atoms with Crippen LogP contribution in [-0.4, -0.2) is 34.5 Å². The van der Waals surface area contributed by atoms with Crippen molar-refractivity contribution in [2.45, 2.75) is 65.0 Å². The molecule has 1 aliphatic carbocycles. The van der Waals surface area contributed by atoms with Crippen molar-refractivity contribution in [1.29, 1.82) is 0 Å². The number of anilines is 1. The Kier molecular flexibility index (Phi) is 7.03. The molecule has 1 fully saturated rings. The van der Waals surface area contributed by atoms with Gasteiger partial charge in [0.25, 0.3) is 0 Å². The maximum atomic E-state index is 12.6. The van der Waals surface area contributed by atoms with Gasteiger partial charge in [-0.05, 0) is 58.0 Å². The molecule has 0 bridgehead atoms. The number of thiocarbonyl (C=S) groups is 1. The van der Waals surface area contributed by atoms with Gasteiger partial charge < -0.3 is 15.5 Å². The summed E-state index contributed by atoms with van der Waals surface area (Å²) in [5, 5.41) is 7.12. The van der Waals surface area contributed by atoms with Gasteiger partial charge in [0.2, 0.25) is 5.91 Å². The summed E-state index contributed by atoms with van der Waals surface area (Å²) in [6, 6.07) is 7.98. The molecular formula is C19H29N3OS. The van der Waals surface area contributed by atoms with Crippen LogP contribution in [0.4, 0.5) is 5.69 Å². The molecule has 132 valence electrons. The van der Waals surface area contributed by atoms with E-state index in [0.29, 0.717) is 17.7 Å². The van der Waals surface area contributed by atoms with Crippen LogP contribution in [0.15, 0.2) is 24.3 Å². The number of benzene rings is 1. The van der Waals surface area contributed by atoms with Crippen molar-refractivity contribution in [3.05, 3.63) is 29.8 Å². The maximum Gasteiger partial charge on any atom is 0.246 e. The summed E-state index contributed by atoms with van der Waals surface area (Å²) in [5.74, 6) is -0.0338. The van der Waals surface area contributed by atoms with E-state index in [0.717, 1.165) is 5.69 Å². The van der Waals surface area contributed by atoms with Crippen LogP contribution >= 0.6 is 12.2 Å². The van der Waals surface area contributed by atoms with Gasteiger partial charge in [0.15, 0.2) is 5.11 Å². The Hall–Kier alpha value is -1.62. The van der Waals surface area contributed by atoms with Crippen LogP contribution in [0, 0.1) is 6.92 Å². The number of carbonyl (C=O) groups excluding carboxylic acids is 1. The molecule has 1 saturated carbocycles. The van der Waals surface area contributed by atoms with Gasteiger partial charge in [0.1, 0.15) is 6.04 Å². The zero-order chi connectivity index (χ0) is 17.5. The summed E-state index contributed by atoms with van der Waals surface area (Å²) in [4.78, 5) is 14.5. The highest BCUT2D eigenvalue weighted by atomic mass is 32.1. The lowest BCUT2D eigenvalue weighted by Crippen LogP contribution is -2.52. The number of rotatable bonds is 5. The van der Waals surface area contributed by atoms with Crippen molar-refractivity contribution in [1.82, 2.24) is 10.2 Å². The largest absolute Gasteiger partial charge is 0.360 e. The number of aryl methyl sites for hydroxylation is 1. The first-order valence-corrected chi connectivity index (χ1v) is 9.36. The van der Waals surface area contributed by atoms with Gasteiger partial charge in [-0.2, -0.15) is 0 Å². The van der Waals surface area contributed by atoms with Crippen molar-refractivity contribution in [3.8, 4) is 0 Å². The number of nitrogens with one attached hydrogen (secondary N) is 2. The molecule has 4 nitrogen and oxygen atoms in total. The van der Waals surface area contributed by atoms with Crippen molar-refractivity contribution in [2.75, 3.05) is 11.9 Å². The van der Waals surface area contributed by atoms with Gasteiger partial charge in [0.05, 0.1) is 0 Å². The van der Waals surface area contributed by atoms with Crippen LogP contribution in [0.2, 0.25) is 0 Å². The Morgan fingerprint density at radius 2 is 1.88 bits per heavy atom. The molecule has 1 aromatic rings. The molecule has 1 amide bonds. The second-order valence-electron chi connectivity index (χ2n) is 6.60. The summed E-state index contributed by atoms with van der Waals surface area (Å²) in [6.45, 7) is 6.68. The number of hydrogen-bond donors (Lipinski definition) is 2. The molecule has 24 heavy (non-hydrogen) atoms. The molecule has 1 aromatic carbocycles. The minimum Gasteiger partial charge on any atom is -0.360 e. The van der Waals surface area contributed by atoms with Crippen molar-refractivity contribution in [2.24, 2.45) is 0 Å². The summed E-state index contributed by atoms with van der Waals surface area (Å²) < 4.78 is 0. The minimum atomic E-state index is -0.306. The average molecular weight is 348 g/mol. The summed E-state index contributed by atoms with van der Waals surface area (Å²) in [6.07, 6.45) is 6.17. The van der Waals surface area contributed by atoms with E-state index in [1.165, 1.54) is 37.7 Å². The predicted molar refractivity (Wildman–Crippen MR) is 104 cm³/mol. The Morgan fingerprint density at radius 1 is 1.25 bits per heavy atom. The third-order valence-corrected chi connectivity index (χ3v) is 5.05. The standard InChI is InChI=1S/C19H29N3OS/c1-4-22(19(24)21-16-8-6-5-7-9-16)15(3)18(23)20-17-12-10-14(2)11-13-17/h10-13,15-16H,4-9H2,1-3H3,(H,20,23)(H,21,24)/t15-/m1/s1. The van der Waals surface area contributed by atoms with Crippen LogP contribution in [0.3, 0.4) is 0 Å². The lowest BCUT2D eigenvalue weighted by molar-refractivity contribution is -0.119. The van der Waals surface area contributed by atoms with Crippen LogP contribution in [0.5, 0.6) is 0 Å². The van der Waals surface area contributed by atoms with E-state index in [1.54, 1.807) is 0 Å². The smallest absolute Gasteiger partial charge is 0.246 e. The SMILES string of the molecule is CCN(C(=S)NC1CCCCC1)[C@H](C)C(=O)Nc1ccc(C)cc1. The highest BCUT2D eigenvalue weighted by molar-refractivity contribution is 7.80. The average Bonchev–Trinajstić information content (AvgIpc) is 2.58. The third-order valence-electron chi connectivity index (χ3n) is 4.70. The number of likely N-dealkylation sites (N-methyl/N-ethyl adjacent to an activating group) is 1. The quantitative estimate of drug-likeness (QED) is 0.794. The van der Waals surface area contributed by atoms with Gasteiger partial charge in [-0.3, -0.25) is 4.79 Å². The van der Waals surface area contributed by atoms with E-state index in [1.807, 2.05) is 49.9 Å². The van der Waals surface area contributed by atoms with Gasteiger partial charge in [0, 0.05) is 18.3 Å². The second kappa shape index (κ2) is 9.02. The first kappa shape index (κ1) is 18.7. The van der Waals surface area contributed by atoms with Gasteiger partial charge in [-0.15, -0.1) is 0 Å². The first-order valence-electron chi connectivity index (χ1n) is 8.96. The third kappa shape index (κ3) is 5.20. The zero-order valence-corrected chi connectivity index (χ0v) is 15.8. The lowest BCUT2D eigenvalue weighted by atomic mass is 9.96. The molecule has 0 heterocycles. The molecule has 0 unspecified atom stereocenters. The summed E-state index contributed by atoms with van der Waals surface area (Å²) in [7, 11) is 0. The summed E-state index contributed by atoms with van der Waals surface area (Å²) in [5.41, 5.74) is 1.99. The van der Waals surface area contributed by atoms with Crippen LogP contribution in [-0.2, 0) is 4.79 Å². The fraction of sp³-hybridized carbons (Fsp3) is 0.579. The van der Waals surface area contributed by atoms with E-state index < -0.39 is 0 Å².